The molecule has 0 aliphatic carbocycles. The predicted octanol–water partition coefficient (Wildman–Crippen LogP) is 4.08. The minimum absolute atomic E-state index is 0.0134. The first-order chi connectivity index (χ1) is 16.5. The number of carbonyl (C=O) groups is 1. The van der Waals surface area contributed by atoms with Crippen LogP contribution in [0.5, 0.6) is 17.2 Å². The van der Waals surface area contributed by atoms with Gasteiger partial charge in [0.1, 0.15) is 22.3 Å². The maximum Gasteiger partial charge on any atom is 0.226 e. The van der Waals surface area contributed by atoms with Crippen LogP contribution in [0, 0.1) is 6.92 Å². The predicted molar refractivity (Wildman–Crippen MR) is 134 cm³/mol. The van der Waals surface area contributed by atoms with Gasteiger partial charge in [-0.2, -0.15) is 0 Å². The van der Waals surface area contributed by atoms with Crippen molar-refractivity contribution in [2.24, 2.45) is 0 Å². The Kier molecular flexibility index (Phi) is 7.70. The number of hydrogen-bond donors (Lipinski definition) is 1. The Morgan fingerprint density at radius 2 is 1.82 bits per heavy atom. The molecule has 1 atom stereocenters. The van der Waals surface area contributed by atoms with Crippen LogP contribution in [0.3, 0.4) is 0 Å². The molecule has 34 heavy (non-hydrogen) atoms. The fourth-order valence-electron chi connectivity index (χ4n) is 4.28. The highest BCUT2D eigenvalue weighted by Gasteiger charge is 2.26. The number of hydrogen-bond acceptors (Lipinski definition) is 7. The molecule has 1 aliphatic rings. The molecule has 1 unspecified atom stereocenters. The number of thiazole rings is 1. The van der Waals surface area contributed by atoms with Gasteiger partial charge in [-0.3, -0.25) is 9.69 Å². The zero-order chi connectivity index (χ0) is 24.1. The Morgan fingerprint density at radius 1 is 1.12 bits per heavy atom. The van der Waals surface area contributed by atoms with E-state index in [1.807, 2.05) is 49.4 Å². The first kappa shape index (κ1) is 24.0. The van der Waals surface area contributed by atoms with Crippen LogP contribution in [0.4, 0.5) is 0 Å². The standard InChI is InChI=1S/C26H31N3O4S/c1-17-22(28-26(34-17)18-8-6-5-7-9-18)14-25(30)27-19-10-11-29(15-19)16-21-23(32-3)12-20(31-2)13-24(21)33-4/h5-9,12-13,19H,10-11,14-16H2,1-4H3,(H,27,30). The summed E-state index contributed by atoms with van der Waals surface area (Å²) in [6, 6.07) is 13.9. The van der Waals surface area contributed by atoms with Crippen LogP contribution in [-0.2, 0) is 17.8 Å². The topological polar surface area (TPSA) is 72.9 Å². The van der Waals surface area contributed by atoms with E-state index in [1.165, 1.54) is 0 Å². The van der Waals surface area contributed by atoms with E-state index in [2.05, 4.69) is 10.2 Å². The molecule has 0 radical (unpaired) electrons. The van der Waals surface area contributed by atoms with Crippen LogP contribution < -0.4 is 19.5 Å². The molecule has 1 fully saturated rings. The number of methoxy groups -OCH3 is 3. The first-order valence-electron chi connectivity index (χ1n) is 11.3. The van der Waals surface area contributed by atoms with E-state index >= 15 is 0 Å². The number of amides is 1. The average molecular weight is 482 g/mol. The molecule has 3 aromatic rings. The average Bonchev–Trinajstić information content (AvgIpc) is 3.45. The Balaban J connectivity index is 1.35. The number of aryl methyl sites for hydroxylation is 1. The highest BCUT2D eigenvalue weighted by molar-refractivity contribution is 7.15. The lowest BCUT2D eigenvalue weighted by Crippen LogP contribution is -2.38. The van der Waals surface area contributed by atoms with Crippen molar-refractivity contribution in [2.45, 2.75) is 32.4 Å². The molecule has 1 N–H and O–H groups in total. The minimum Gasteiger partial charge on any atom is -0.496 e. The number of likely N-dealkylation sites (tertiary alicyclic amines) is 1. The summed E-state index contributed by atoms with van der Waals surface area (Å²) >= 11 is 1.63. The Morgan fingerprint density at radius 3 is 2.47 bits per heavy atom. The number of benzene rings is 2. The second-order valence-electron chi connectivity index (χ2n) is 8.36. The van der Waals surface area contributed by atoms with Gasteiger partial charge in [-0.25, -0.2) is 4.98 Å². The zero-order valence-electron chi connectivity index (χ0n) is 20.1. The lowest BCUT2D eigenvalue weighted by atomic mass is 10.1. The van der Waals surface area contributed by atoms with E-state index in [9.17, 15) is 4.79 Å². The summed E-state index contributed by atoms with van der Waals surface area (Å²) in [5.41, 5.74) is 2.91. The van der Waals surface area contributed by atoms with Crippen molar-refractivity contribution >= 4 is 17.2 Å². The molecular weight excluding hydrogens is 450 g/mol. The molecule has 0 bridgehead atoms. The van der Waals surface area contributed by atoms with Crippen molar-refractivity contribution in [1.29, 1.82) is 0 Å². The van der Waals surface area contributed by atoms with Crippen molar-refractivity contribution in [3.8, 4) is 27.8 Å². The minimum atomic E-state index is 0.0134. The molecule has 0 spiro atoms. The van der Waals surface area contributed by atoms with E-state index in [0.29, 0.717) is 18.7 Å². The van der Waals surface area contributed by atoms with E-state index < -0.39 is 0 Å². The third-order valence-electron chi connectivity index (χ3n) is 6.08. The van der Waals surface area contributed by atoms with Gasteiger partial charge in [-0.1, -0.05) is 30.3 Å². The van der Waals surface area contributed by atoms with Crippen LogP contribution in [0.2, 0.25) is 0 Å². The van der Waals surface area contributed by atoms with Gasteiger partial charge in [0, 0.05) is 48.2 Å². The third kappa shape index (κ3) is 5.51. The number of nitrogens with one attached hydrogen (secondary N) is 1. The van der Waals surface area contributed by atoms with Crippen LogP contribution in [-0.4, -0.2) is 56.3 Å². The van der Waals surface area contributed by atoms with Crippen LogP contribution in [0.1, 0.15) is 22.6 Å². The maximum absolute atomic E-state index is 12.8. The molecule has 2 heterocycles. The van der Waals surface area contributed by atoms with E-state index in [1.54, 1.807) is 32.7 Å². The van der Waals surface area contributed by atoms with Crippen LogP contribution in [0.15, 0.2) is 42.5 Å². The van der Waals surface area contributed by atoms with Crippen molar-refractivity contribution < 1.29 is 19.0 Å². The number of nitrogens with zero attached hydrogens (tertiary/aromatic N) is 2. The molecule has 7 nitrogen and oxygen atoms in total. The lowest BCUT2D eigenvalue weighted by molar-refractivity contribution is -0.121. The van der Waals surface area contributed by atoms with Gasteiger partial charge < -0.3 is 19.5 Å². The van der Waals surface area contributed by atoms with E-state index in [4.69, 9.17) is 19.2 Å². The van der Waals surface area contributed by atoms with Gasteiger partial charge >= 0.3 is 0 Å². The van der Waals surface area contributed by atoms with E-state index in [0.717, 1.165) is 57.7 Å². The second kappa shape index (κ2) is 10.9. The summed E-state index contributed by atoms with van der Waals surface area (Å²) in [6.07, 6.45) is 1.20. The van der Waals surface area contributed by atoms with Gasteiger partial charge in [-0.15, -0.1) is 11.3 Å². The highest BCUT2D eigenvalue weighted by atomic mass is 32.1. The number of ether oxygens (including phenoxy) is 3. The molecule has 1 aromatic heterocycles. The molecule has 8 heteroatoms. The first-order valence-corrected chi connectivity index (χ1v) is 12.1. The van der Waals surface area contributed by atoms with Gasteiger partial charge in [0.05, 0.1) is 39.0 Å². The Hall–Kier alpha value is -3.10. The molecule has 1 amide bonds. The molecule has 1 saturated heterocycles. The Bertz CT molecular complexity index is 1110. The summed E-state index contributed by atoms with van der Waals surface area (Å²) in [6.45, 7) is 4.36. The van der Waals surface area contributed by atoms with Crippen molar-refractivity contribution in [3.05, 3.63) is 58.6 Å². The van der Waals surface area contributed by atoms with Gasteiger partial charge in [0.25, 0.3) is 0 Å². The van der Waals surface area contributed by atoms with Gasteiger partial charge in [-0.05, 0) is 13.3 Å². The smallest absolute Gasteiger partial charge is 0.226 e. The van der Waals surface area contributed by atoms with Crippen LogP contribution in [0.25, 0.3) is 10.6 Å². The SMILES string of the molecule is COc1cc(OC)c(CN2CCC(NC(=O)Cc3nc(-c4ccccc4)sc3C)C2)c(OC)c1. The number of rotatable bonds is 9. The molecular formula is C26H31N3O4S. The van der Waals surface area contributed by atoms with Crippen LogP contribution >= 0.6 is 11.3 Å². The zero-order valence-corrected chi connectivity index (χ0v) is 20.9. The summed E-state index contributed by atoms with van der Waals surface area (Å²) < 4.78 is 16.5. The normalized spacial score (nSPS) is 15.8. The van der Waals surface area contributed by atoms with Gasteiger partial charge in [0.2, 0.25) is 5.91 Å². The second-order valence-corrected chi connectivity index (χ2v) is 9.57. The summed E-state index contributed by atoms with van der Waals surface area (Å²) in [5, 5.41) is 4.15. The van der Waals surface area contributed by atoms with Crippen molar-refractivity contribution in [3.63, 3.8) is 0 Å². The van der Waals surface area contributed by atoms with Gasteiger partial charge in [0.15, 0.2) is 0 Å². The quantitative estimate of drug-likeness (QED) is 0.497. The lowest BCUT2D eigenvalue weighted by Gasteiger charge is -2.21. The number of carbonyl (C=O) groups excluding carboxylic acids is 1. The summed E-state index contributed by atoms with van der Waals surface area (Å²) in [5.74, 6) is 2.17. The largest absolute Gasteiger partial charge is 0.496 e. The number of aromatic nitrogens is 1. The Labute approximate surface area is 204 Å². The van der Waals surface area contributed by atoms with Crippen molar-refractivity contribution in [2.75, 3.05) is 34.4 Å². The summed E-state index contributed by atoms with van der Waals surface area (Å²) in [4.78, 5) is 20.9. The molecule has 0 saturated carbocycles. The maximum atomic E-state index is 12.8. The highest BCUT2D eigenvalue weighted by Crippen LogP contribution is 2.35. The molecule has 1 aliphatic heterocycles. The van der Waals surface area contributed by atoms with Crippen molar-refractivity contribution in [1.82, 2.24) is 15.2 Å². The summed E-state index contributed by atoms with van der Waals surface area (Å²) in [7, 11) is 4.92. The van der Waals surface area contributed by atoms with E-state index in [-0.39, 0.29) is 11.9 Å². The fraction of sp³-hybridized carbons (Fsp3) is 0.385. The third-order valence-corrected chi connectivity index (χ3v) is 7.14. The molecule has 4 rings (SSSR count). The molecule has 2 aromatic carbocycles. The molecule has 180 valence electrons. The monoisotopic (exact) mass is 481 g/mol. The fourth-order valence-corrected chi connectivity index (χ4v) is 5.21.